The summed E-state index contributed by atoms with van der Waals surface area (Å²) in [4.78, 5) is 176. The molecule has 2 aromatic rings. The highest BCUT2D eigenvalue weighted by molar-refractivity contribution is 8.00. The van der Waals surface area contributed by atoms with E-state index in [4.69, 9.17) is 94.9 Å². The van der Waals surface area contributed by atoms with Gasteiger partial charge in [-0.15, -0.1) is 11.8 Å². The molecule has 10 atom stereocenters. The molecule has 39 N–H and O–H groups in total. The lowest BCUT2D eigenvalue weighted by Crippen LogP contribution is -2.49. The molecule has 8 amide bonds. The zero-order valence-electron chi connectivity index (χ0n) is 85.9. The summed E-state index contributed by atoms with van der Waals surface area (Å²) in [6.45, 7) is 16.1. The maximum Gasteiger partial charge on any atom is 0.294 e. The zero-order valence-corrected chi connectivity index (χ0v) is 87.6. The molecule has 0 radical (unpaired) electrons. The smallest absolute Gasteiger partial charge is 0.294 e. The van der Waals surface area contributed by atoms with Crippen LogP contribution in [0.15, 0.2) is 77.4 Å². The summed E-state index contributed by atoms with van der Waals surface area (Å²) in [5.74, 6) is -16.7. The minimum Gasteiger partial charge on any atom is -0.388 e. The van der Waals surface area contributed by atoms with Gasteiger partial charge >= 0.3 is 0 Å². The fourth-order valence-corrected chi connectivity index (χ4v) is 19.9. The Morgan fingerprint density at radius 1 is 0.463 bits per heavy atom. The Morgan fingerprint density at radius 2 is 0.871 bits per heavy atom. The van der Waals surface area contributed by atoms with Crippen molar-refractivity contribution in [2.24, 2.45) is 81.2 Å². The highest BCUT2D eigenvalue weighted by Gasteiger charge is 2.46. The zero-order chi connectivity index (χ0) is 109. The predicted octanol–water partition coefficient (Wildman–Crippen LogP) is 2.06. The number of nitrogens with one attached hydrogen (secondary N) is 20. The number of anilines is 1. The monoisotopic (exact) mass is 2090 g/mol. The third-order valence-corrected chi connectivity index (χ3v) is 28.4. The Hall–Kier alpha value is -13.6. The van der Waals surface area contributed by atoms with Gasteiger partial charge in [-0.1, -0.05) is 63.5 Å². The molecular weight excluding hydrogens is 1930 g/mol. The number of guanidine groups is 7. The molecule has 0 aromatic heterocycles. The van der Waals surface area contributed by atoms with Crippen molar-refractivity contribution in [3.63, 3.8) is 0 Å². The molecular formula is C98H161N32O15S2+. The molecule has 1 saturated heterocycles. The number of nitrogens with two attached hydrogens (primary N) is 9. The van der Waals surface area contributed by atoms with Crippen molar-refractivity contribution >= 4 is 157 Å². The molecule has 147 heavy (non-hydrogen) atoms. The highest BCUT2D eigenvalue weighted by atomic mass is 32.2. The molecule has 814 valence electrons. The van der Waals surface area contributed by atoms with Crippen LogP contribution in [0.4, 0.5) is 11.4 Å². The van der Waals surface area contributed by atoms with Crippen molar-refractivity contribution in [1.82, 2.24) is 68.7 Å². The standard InChI is InChI=1S/C98H160N32O15S2/c1-8-60(25-18-41-117-90(102)103)85(138)124-69(30-22-45-121-94(110)111)74(131)52-62(27-20-43-119-92(106)107)87(140)126-71(32-24-47-123-96(114)115)76(133)54-63(28-21-44-120-93(108)109)88(141)127-70(31-23-46-122-95(112)113)75(132)53-61(26-19-42-118-91(104)105)86(139)125-68(29-15-16-35-81(99)100)77(134)55-64(84(101)137)58-146-78-57-83(136)130(89(78)142)50-48-116-82(135)36-14-11-17-49-129-73-40-38-65(147(143,144)145)56-67(73)98(6,7)80(129)34-13-10-12-33-79-97(4,5)66-51-59(3)37-39-72(66)128(79)9-2/h10,12-13,33-34,37-40,51,56,60-64,68-71,78H,8-9,11,14-32,35-36,41-50,52-55,57-58H2,1-7H3,(H38-,99,100,101,102,103,104,105,106,107,108,109,110,111,112,113,114,115,116,117,118,119,120,121,122,123,124,125,126,127,135,137,138,139,140,141,143,144,145)/p+1/t60-,61+,62+,63+,64-,68-,69-,70-,71-,78?/m1/s1. The summed E-state index contributed by atoms with van der Waals surface area (Å²) in [5, 5.41) is 93.9. The number of allylic oxidation sites excluding steroid dienone is 6. The van der Waals surface area contributed by atoms with Gasteiger partial charge in [0.1, 0.15) is 6.54 Å². The number of aryl methyl sites for hydroxylation is 1. The van der Waals surface area contributed by atoms with Gasteiger partial charge in [0.2, 0.25) is 52.9 Å². The summed E-state index contributed by atoms with van der Waals surface area (Å²) in [6.07, 6.45) is 11.2. The number of amides is 8. The van der Waals surface area contributed by atoms with Crippen LogP contribution in [0.1, 0.15) is 238 Å². The van der Waals surface area contributed by atoms with E-state index in [1.165, 1.54) is 28.9 Å². The number of rotatable bonds is 72. The summed E-state index contributed by atoms with van der Waals surface area (Å²) in [7, 11) is -4.52. The average Bonchev–Trinajstić information content (AvgIpc) is 1.59. The fraction of sp³-hybridized carbons (Fsp3) is 0.602. The number of benzene rings is 2. The number of nitrogens with zero attached hydrogens (tertiary/aromatic N) is 3. The number of likely N-dealkylation sites (tertiary alicyclic amines) is 1. The maximum atomic E-state index is 15.2. The molecule has 0 aliphatic carbocycles. The van der Waals surface area contributed by atoms with Crippen LogP contribution in [0.2, 0.25) is 0 Å². The van der Waals surface area contributed by atoms with Crippen LogP contribution in [-0.4, -0.2) is 253 Å². The third-order valence-electron chi connectivity index (χ3n) is 26.2. The molecule has 1 unspecified atom stereocenters. The molecule has 0 bridgehead atoms. The van der Waals surface area contributed by atoms with Crippen LogP contribution in [0.25, 0.3) is 0 Å². The maximum absolute atomic E-state index is 15.2. The first kappa shape index (κ1) is 124. The van der Waals surface area contributed by atoms with Gasteiger partial charge in [-0.2, -0.15) is 13.0 Å². The molecule has 3 aliphatic heterocycles. The lowest BCUT2D eigenvalue weighted by atomic mass is 9.81. The number of hydrogen-bond acceptors (Lipinski definition) is 24. The summed E-state index contributed by atoms with van der Waals surface area (Å²) < 4.78 is 37.2. The first-order valence-corrected chi connectivity index (χ1v) is 52.8. The van der Waals surface area contributed by atoms with Crippen molar-refractivity contribution in [1.29, 1.82) is 43.3 Å². The van der Waals surface area contributed by atoms with Crippen molar-refractivity contribution in [2.75, 3.05) is 82.6 Å². The van der Waals surface area contributed by atoms with Gasteiger partial charge in [0.15, 0.2) is 70.6 Å². The van der Waals surface area contributed by atoms with Gasteiger partial charge < -0.3 is 120 Å². The van der Waals surface area contributed by atoms with E-state index in [2.05, 4.69) is 125 Å². The molecule has 3 heterocycles. The minimum absolute atomic E-state index is 0.00157. The van der Waals surface area contributed by atoms with E-state index in [0.717, 1.165) is 40.3 Å². The summed E-state index contributed by atoms with van der Waals surface area (Å²) >= 11 is 0.926. The second kappa shape index (κ2) is 62.4. The van der Waals surface area contributed by atoms with Crippen LogP contribution >= 0.6 is 11.8 Å². The minimum atomic E-state index is -4.52. The molecule has 1 fully saturated rings. The van der Waals surface area contributed by atoms with E-state index in [-0.39, 0.29) is 214 Å². The Bertz CT molecular complexity index is 5240. The number of thioether (sulfide) groups is 1. The number of primary amides is 1. The lowest BCUT2D eigenvalue weighted by Gasteiger charge is -2.27. The van der Waals surface area contributed by atoms with Gasteiger partial charge in [-0.3, -0.25) is 110 Å². The molecule has 3 aliphatic rings. The number of carbonyl (C=O) groups is 12. The molecule has 49 heteroatoms. The van der Waals surface area contributed by atoms with E-state index < -0.39 is 189 Å². The fourth-order valence-electron chi connectivity index (χ4n) is 18.2. The largest absolute Gasteiger partial charge is 0.388 e. The molecule has 5 rings (SSSR count). The SMILES string of the molecule is CC[C@H](CCCNC(=N)N)C(=O)N[C@H](CCCNC(=N)N)C(=O)C[C@H](CCCNC(=N)N)C(=O)N[C@H](CCCNC(=N)N)C(=O)C[C@H](CCCNC(=N)N)C(=O)N[C@H](CCCNC(=N)N)C(=O)C[C@H](CCCNC(=N)N)C(=O)N[C@H](CCCCC(=N)N)C(=O)C[C@H](CSC1CC(=O)N(CCNC(=O)CCCCCN2/C(=C/C=C/C=C/C3=[N+](CC)c4ccc(C)cc4C3(C)C)C(C)(C)c3cc(S(=O)(=O)O)ccc32)C1=O)C(N)=O. The van der Waals surface area contributed by atoms with Gasteiger partial charge in [0.25, 0.3) is 10.1 Å². The third kappa shape index (κ3) is 42.8. The first-order valence-electron chi connectivity index (χ1n) is 50.4. The summed E-state index contributed by atoms with van der Waals surface area (Å²) in [6, 6.07) is 5.68. The van der Waals surface area contributed by atoms with Crippen LogP contribution in [0, 0.1) is 79.8 Å². The van der Waals surface area contributed by atoms with E-state index in [9.17, 15) is 51.3 Å². The second-order valence-electron chi connectivity index (χ2n) is 38.4. The number of imide groups is 1. The quantitative estimate of drug-likeness (QED) is 0.00857. The highest BCUT2D eigenvalue weighted by Crippen LogP contribution is 2.49. The number of amidine groups is 1. The number of ketones is 4. The topological polar surface area (TPSA) is 838 Å². The van der Waals surface area contributed by atoms with Crippen molar-refractivity contribution in [3.05, 3.63) is 89.2 Å². The molecule has 2 aromatic carbocycles. The number of hydrogen-bond donors (Lipinski definition) is 30. The van der Waals surface area contributed by atoms with Crippen molar-refractivity contribution in [3.8, 4) is 0 Å². The number of unbranched alkanes of at least 4 members (excludes halogenated alkanes) is 3. The van der Waals surface area contributed by atoms with Crippen LogP contribution in [-0.2, 0) is 78.5 Å². The van der Waals surface area contributed by atoms with Gasteiger partial charge in [-0.05, 0) is 186 Å². The lowest BCUT2D eigenvalue weighted by molar-refractivity contribution is -0.433. The molecule has 0 spiro atoms. The number of fused-ring (bicyclic) bond motifs is 2. The number of carbonyl (C=O) groups excluding carboxylic acids is 12. The average molecular weight is 2090 g/mol. The Kier molecular flexibility index (Phi) is 52.6. The second-order valence-corrected chi connectivity index (χ2v) is 41.1. The summed E-state index contributed by atoms with van der Waals surface area (Å²) in [5.41, 5.74) is 57.1. The number of Topliss-reactive ketones (excluding diaryl/α,β-unsaturated/α-hetero) is 4. The van der Waals surface area contributed by atoms with Crippen molar-refractivity contribution in [2.45, 2.75) is 273 Å². The van der Waals surface area contributed by atoms with Gasteiger partial charge in [-0.25, -0.2) is 0 Å². The molecule has 47 nitrogen and oxygen atoms in total. The van der Waals surface area contributed by atoms with Gasteiger partial charge in [0, 0.05) is 174 Å². The van der Waals surface area contributed by atoms with Gasteiger partial charge in [0.05, 0.1) is 51.5 Å². The Labute approximate surface area is 865 Å². The van der Waals surface area contributed by atoms with E-state index in [1.807, 2.05) is 38.2 Å². The van der Waals surface area contributed by atoms with E-state index in [1.54, 1.807) is 13.0 Å². The van der Waals surface area contributed by atoms with Crippen LogP contribution in [0.5, 0.6) is 0 Å². The Balaban J connectivity index is 1.33. The van der Waals surface area contributed by atoms with Crippen molar-refractivity contribution < 1.29 is 75.1 Å². The van der Waals surface area contributed by atoms with E-state index in [0.29, 0.717) is 57.2 Å². The first-order chi connectivity index (χ1) is 69.4. The predicted molar refractivity (Wildman–Crippen MR) is 569 cm³/mol. The van der Waals surface area contributed by atoms with Crippen LogP contribution in [0.3, 0.4) is 0 Å². The van der Waals surface area contributed by atoms with Crippen LogP contribution < -0.4 is 120 Å². The molecule has 0 saturated carbocycles. The Morgan fingerprint density at radius 3 is 1.28 bits per heavy atom. The van der Waals surface area contributed by atoms with E-state index >= 15 is 19.2 Å². The normalized spacial score (nSPS) is 16.1.